The van der Waals surface area contributed by atoms with E-state index in [-0.39, 0.29) is 0 Å². The topological polar surface area (TPSA) is 27.7 Å². The highest BCUT2D eigenvalue weighted by Gasteiger charge is 2.45. The van der Waals surface area contributed by atoms with Crippen molar-refractivity contribution in [1.82, 2.24) is 0 Å². The van der Waals surface area contributed by atoms with Crippen molar-refractivity contribution in [2.24, 2.45) is 0 Å². The maximum Gasteiger partial charge on any atom is 0.119 e. The second-order valence-electron chi connectivity index (χ2n) is 8.16. The Morgan fingerprint density at radius 2 is 1.06 bits per heavy atom. The summed E-state index contributed by atoms with van der Waals surface area (Å²) < 4.78 is 16.7. The highest BCUT2D eigenvalue weighted by molar-refractivity contribution is 5.86. The Labute approximate surface area is 195 Å². The summed E-state index contributed by atoms with van der Waals surface area (Å²) in [6.07, 6.45) is 0. The lowest BCUT2D eigenvalue weighted by Gasteiger charge is -2.34. The number of methoxy groups -OCH3 is 1. The van der Waals surface area contributed by atoms with Crippen LogP contribution in [-0.2, 0) is 10.2 Å². The second kappa shape index (κ2) is 9.13. The van der Waals surface area contributed by atoms with Crippen LogP contribution in [0.3, 0.4) is 0 Å². The third kappa shape index (κ3) is 3.59. The number of fused-ring (bicyclic) bond motifs is 3. The molecule has 0 amide bonds. The van der Waals surface area contributed by atoms with Crippen molar-refractivity contribution in [1.29, 1.82) is 0 Å². The Hall–Kier alpha value is -3.56. The molecule has 0 aliphatic heterocycles. The van der Waals surface area contributed by atoms with Gasteiger partial charge in [0.2, 0.25) is 0 Å². The van der Waals surface area contributed by atoms with Crippen molar-refractivity contribution in [3.05, 3.63) is 119 Å². The number of hydrogen-bond donors (Lipinski definition) is 0. The quantitative estimate of drug-likeness (QED) is 0.261. The van der Waals surface area contributed by atoms with Crippen LogP contribution >= 0.6 is 0 Å². The van der Waals surface area contributed by atoms with Crippen LogP contribution in [0.4, 0.5) is 0 Å². The molecular weight excluding hydrogens is 408 g/mol. The molecule has 1 aliphatic carbocycles. The molecular formula is C30H28O3. The Morgan fingerprint density at radius 1 is 0.576 bits per heavy atom. The summed E-state index contributed by atoms with van der Waals surface area (Å²) in [5, 5.41) is 0. The van der Waals surface area contributed by atoms with E-state index in [1.165, 1.54) is 33.4 Å². The molecule has 4 aromatic rings. The molecule has 0 heterocycles. The van der Waals surface area contributed by atoms with Crippen LogP contribution in [0.15, 0.2) is 97.1 Å². The molecule has 1 aliphatic rings. The minimum Gasteiger partial charge on any atom is -0.494 e. The van der Waals surface area contributed by atoms with E-state index in [0.717, 1.165) is 11.5 Å². The minimum absolute atomic E-state index is 0.414. The zero-order chi connectivity index (χ0) is 22.7. The summed E-state index contributed by atoms with van der Waals surface area (Å²) in [7, 11) is 1.68. The molecule has 0 saturated carbocycles. The molecule has 33 heavy (non-hydrogen) atoms. The molecule has 0 spiro atoms. The van der Waals surface area contributed by atoms with Gasteiger partial charge in [0, 0.05) is 7.11 Å². The van der Waals surface area contributed by atoms with Crippen LogP contribution in [0.1, 0.15) is 29.2 Å². The van der Waals surface area contributed by atoms with E-state index in [1.807, 2.05) is 6.92 Å². The molecule has 3 nitrogen and oxygen atoms in total. The first kappa shape index (κ1) is 21.3. The van der Waals surface area contributed by atoms with Crippen molar-refractivity contribution in [3.63, 3.8) is 0 Å². The van der Waals surface area contributed by atoms with Crippen molar-refractivity contribution < 1.29 is 14.2 Å². The maximum absolute atomic E-state index is 5.84. The zero-order valence-electron chi connectivity index (χ0n) is 19.1. The summed E-state index contributed by atoms with van der Waals surface area (Å²) in [5.74, 6) is 1.73. The molecule has 0 fully saturated rings. The summed E-state index contributed by atoms with van der Waals surface area (Å²) in [6.45, 7) is 3.76. The fourth-order valence-electron chi connectivity index (χ4n) is 5.04. The van der Waals surface area contributed by atoms with Gasteiger partial charge < -0.3 is 14.2 Å². The van der Waals surface area contributed by atoms with Crippen LogP contribution in [0.5, 0.6) is 11.5 Å². The van der Waals surface area contributed by atoms with Gasteiger partial charge in [-0.15, -0.1) is 0 Å². The third-order valence-corrected chi connectivity index (χ3v) is 6.39. The lowest BCUT2D eigenvalue weighted by molar-refractivity contribution is 0.146. The van der Waals surface area contributed by atoms with Gasteiger partial charge in [0.05, 0.1) is 18.6 Å². The first-order valence-corrected chi connectivity index (χ1v) is 11.4. The Morgan fingerprint density at radius 3 is 1.55 bits per heavy atom. The van der Waals surface area contributed by atoms with Crippen LogP contribution < -0.4 is 9.47 Å². The number of hydrogen-bond acceptors (Lipinski definition) is 3. The van der Waals surface area contributed by atoms with Gasteiger partial charge in [-0.3, -0.25) is 0 Å². The highest BCUT2D eigenvalue weighted by Crippen LogP contribution is 2.56. The highest BCUT2D eigenvalue weighted by atomic mass is 16.5. The number of benzene rings is 4. The molecule has 0 bridgehead atoms. The SMILES string of the molecule is CCOc1ccc(C2(c3ccc(OCCOC)cc3)c3ccccc3-c3ccccc32)cc1. The maximum atomic E-state index is 5.84. The van der Waals surface area contributed by atoms with Crippen molar-refractivity contribution in [3.8, 4) is 22.6 Å². The lowest BCUT2D eigenvalue weighted by atomic mass is 9.68. The third-order valence-electron chi connectivity index (χ3n) is 6.39. The minimum atomic E-state index is -0.414. The van der Waals surface area contributed by atoms with Crippen LogP contribution in [0, 0.1) is 0 Å². The van der Waals surface area contributed by atoms with Gasteiger partial charge in [0.25, 0.3) is 0 Å². The average molecular weight is 437 g/mol. The molecule has 166 valence electrons. The fourth-order valence-corrected chi connectivity index (χ4v) is 5.04. The Balaban J connectivity index is 1.71. The van der Waals surface area contributed by atoms with Crippen LogP contribution in [0.25, 0.3) is 11.1 Å². The monoisotopic (exact) mass is 436 g/mol. The fraction of sp³-hybridized carbons (Fsp3) is 0.200. The normalized spacial score (nSPS) is 13.3. The summed E-state index contributed by atoms with van der Waals surface area (Å²) >= 11 is 0. The first-order chi connectivity index (χ1) is 16.3. The molecule has 0 atom stereocenters. The lowest BCUT2D eigenvalue weighted by Crippen LogP contribution is -2.28. The van der Waals surface area contributed by atoms with Crippen molar-refractivity contribution >= 4 is 0 Å². The molecule has 0 aromatic heterocycles. The van der Waals surface area contributed by atoms with Gasteiger partial charge in [-0.25, -0.2) is 0 Å². The van der Waals surface area contributed by atoms with E-state index in [2.05, 4.69) is 97.1 Å². The molecule has 4 aromatic carbocycles. The van der Waals surface area contributed by atoms with Crippen LogP contribution in [0.2, 0.25) is 0 Å². The van der Waals surface area contributed by atoms with Crippen molar-refractivity contribution in [2.75, 3.05) is 26.9 Å². The first-order valence-electron chi connectivity index (χ1n) is 11.4. The molecule has 0 saturated heterocycles. The standard InChI is InChI=1S/C30H28O3/c1-3-32-24-16-12-22(13-17-24)30(23-14-18-25(19-15-23)33-21-20-31-2)28-10-6-4-8-26(28)27-9-5-7-11-29(27)30/h4-19H,3,20-21H2,1-2H3. The van der Waals surface area contributed by atoms with Gasteiger partial charge in [0.15, 0.2) is 0 Å². The van der Waals surface area contributed by atoms with E-state index >= 15 is 0 Å². The number of ether oxygens (including phenoxy) is 3. The van der Waals surface area contributed by atoms with Gasteiger partial charge >= 0.3 is 0 Å². The van der Waals surface area contributed by atoms with E-state index < -0.39 is 5.41 Å². The van der Waals surface area contributed by atoms with E-state index in [0.29, 0.717) is 19.8 Å². The average Bonchev–Trinajstić information content (AvgIpc) is 3.17. The second-order valence-corrected chi connectivity index (χ2v) is 8.16. The van der Waals surface area contributed by atoms with E-state index in [1.54, 1.807) is 7.11 Å². The van der Waals surface area contributed by atoms with Gasteiger partial charge in [-0.2, -0.15) is 0 Å². The zero-order valence-corrected chi connectivity index (χ0v) is 19.1. The van der Waals surface area contributed by atoms with Crippen molar-refractivity contribution in [2.45, 2.75) is 12.3 Å². The molecule has 0 unspecified atom stereocenters. The van der Waals surface area contributed by atoms with E-state index in [9.17, 15) is 0 Å². The van der Waals surface area contributed by atoms with Gasteiger partial charge in [-0.05, 0) is 64.6 Å². The van der Waals surface area contributed by atoms with E-state index in [4.69, 9.17) is 14.2 Å². The molecule has 3 heteroatoms. The number of rotatable bonds is 8. The van der Waals surface area contributed by atoms with Gasteiger partial charge in [-0.1, -0.05) is 72.8 Å². The molecule has 0 radical (unpaired) electrons. The Bertz CT molecular complexity index is 1180. The van der Waals surface area contributed by atoms with Gasteiger partial charge in [0.1, 0.15) is 18.1 Å². The molecule has 5 rings (SSSR count). The molecule has 0 N–H and O–H groups in total. The summed E-state index contributed by atoms with van der Waals surface area (Å²) in [5.41, 5.74) is 7.17. The Kier molecular flexibility index (Phi) is 5.89. The largest absolute Gasteiger partial charge is 0.494 e. The summed E-state index contributed by atoms with van der Waals surface area (Å²) in [6, 6.07) is 34.5. The van der Waals surface area contributed by atoms with Crippen LogP contribution in [-0.4, -0.2) is 26.9 Å². The smallest absolute Gasteiger partial charge is 0.119 e. The predicted molar refractivity (Wildman–Crippen MR) is 132 cm³/mol. The predicted octanol–water partition coefficient (Wildman–Crippen LogP) is 6.47. The summed E-state index contributed by atoms with van der Waals surface area (Å²) in [4.78, 5) is 0.